The molecule has 1 saturated carbocycles. The first-order valence-electron chi connectivity index (χ1n) is 7.13. The third kappa shape index (κ3) is 3.26. The molecule has 19 heavy (non-hydrogen) atoms. The van der Waals surface area contributed by atoms with Gasteiger partial charge in [0.05, 0.1) is 12.7 Å². The van der Waals surface area contributed by atoms with Crippen molar-refractivity contribution in [1.29, 1.82) is 0 Å². The van der Waals surface area contributed by atoms with Gasteiger partial charge in [0.2, 0.25) is 0 Å². The highest BCUT2D eigenvalue weighted by Gasteiger charge is 2.13. The van der Waals surface area contributed by atoms with Crippen LogP contribution in [0, 0.1) is 0 Å². The zero-order valence-electron chi connectivity index (χ0n) is 11.1. The van der Waals surface area contributed by atoms with Gasteiger partial charge in [0.15, 0.2) is 5.58 Å². The Kier molecular flexibility index (Phi) is 3.98. The fourth-order valence-corrected chi connectivity index (χ4v) is 2.56. The summed E-state index contributed by atoms with van der Waals surface area (Å²) >= 11 is 0. The number of oxazole rings is 1. The normalized spacial score (nSPS) is 16.8. The van der Waals surface area contributed by atoms with Gasteiger partial charge in [-0.2, -0.15) is 4.98 Å². The Hall–Kier alpha value is -1.55. The molecule has 1 heterocycles. The zero-order chi connectivity index (χ0) is 12.9. The molecule has 1 aliphatic carbocycles. The fraction of sp³-hybridized carbons (Fsp3) is 0.533. The summed E-state index contributed by atoms with van der Waals surface area (Å²) in [5.74, 6) is 0. The minimum Gasteiger partial charge on any atom is -0.424 e. The molecule has 4 heteroatoms. The van der Waals surface area contributed by atoms with E-state index in [9.17, 15) is 0 Å². The first-order chi connectivity index (χ1) is 9.42. The van der Waals surface area contributed by atoms with Gasteiger partial charge < -0.3 is 14.5 Å². The number of aromatic nitrogens is 1. The lowest BCUT2D eigenvalue weighted by atomic mass is 9.98. The second-order valence-corrected chi connectivity index (χ2v) is 5.04. The summed E-state index contributed by atoms with van der Waals surface area (Å²) in [5, 5.41) is 3.17. The largest absolute Gasteiger partial charge is 0.424 e. The maximum Gasteiger partial charge on any atom is 0.295 e. The van der Waals surface area contributed by atoms with E-state index in [0.29, 0.717) is 18.7 Å². The minimum atomic E-state index is 0.458. The van der Waals surface area contributed by atoms with E-state index in [1.807, 2.05) is 24.3 Å². The van der Waals surface area contributed by atoms with E-state index in [4.69, 9.17) is 9.15 Å². The van der Waals surface area contributed by atoms with Crippen molar-refractivity contribution in [3.63, 3.8) is 0 Å². The summed E-state index contributed by atoms with van der Waals surface area (Å²) in [4.78, 5) is 4.36. The van der Waals surface area contributed by atoms with Gasteiger partial charge in [0.1, 0.15) is 5.52 Å². The Balaban J connectivity index is 1.44. The lowest BCUT2D eigenvalue weighted by molar-refractivity contribution is 0.0346. The van der Waals surface area contributed by atoms with Crippen LogP contribution in [0.25, 0.3) is 11.1 Å². The Morgan fingerprint density at radius 2 is 2.05 bits per heavy atom. The first kappa shape index (κ1) is 12.5. The van der Waals surface area contributed by atoms with Crippen molar-refractivity contribution in [1.82, 2.24) is 4.98 Å². The standard InChI is InChI=1S/C15H20N2O2/c1-2-6-12(7-3-1)18-11-10-16-15-17-13-8-4-5-9-14(13)19-15/h4-5,8-9,12H,1-3,6-7,10-11H2,(H,16,17). The molecule has 0 unspecified atom stereocenters. The highest BCUT2D eigenvalue weighted by molar-refractivity contribution is 5.74. The predicted molar refractivity (Wildman–Crippen MR) is 75.3 cm³/mol. The number of benzene rings is 1. The van der Waals surface area contributed by atoms with Crippen LogP contribution in [0.1, 0.15) is 32.1 Å². The van der Waals surface area contributed by atoms with Gasteiger partial charge in [0, 0.05) is 6.54 Å². The molecule has 0 aliphatic heterocycles. The van der Waals surface area contributed by atoms with Crippen LogP contribution in [0.5, 0.6) is 0 Å². The molecule has 1 aromatic heterocycles. The molecule has 1 aromatic carbocycles. The van der Waals surface area contributed by atoms with Crippen molar-refractivity contribution in [2.24, 2.45) is 0 Å². The molecule has 0 spiro atoms. The first-order valence-corrected chi connectivity index (χ1v) is 7.13. The van der Waals surface area contributed by atoms with Crippen LogP contribution < -0.4 is 5.32 Å². The van der Waals surface area contributed by atoms with Crippen molar-refractivity contribution in [2.45, 2.75) is 38.2 Å². The summed E-state index contributed by atoms with van der Waals surface area (Å²) in [7, 11) is 0. The van der Waals surface area contributed by atoms with Crippen LogP contribution in [0.2, 0.25) is 0 Å². The Bertz CT molecular complexity index is 485. The highest BCUT2D eigenvalue weighted by Crippen LogP contribution is 2.20. The SMILES string of the molecule is c1ccc2oc(NCCOC3CCCCC3)nc2c1. The van der Waals surface area contributed by atoms with Crippen molar-refractivity contribution in [3.05, 3.63) is 24.3 Å². The molecule has 0 radical (unpaired) electrons. The van der Waals surface area contributed by atoms with E-state index in [-0.39, 0.29) is 0 Å². The zero-order valence-corrected chi connectivity index (χ0v) is 11.1. The molecule has 3 rings (SSSR count). The van der Waals surface area contributed by atoms with Crippen LogP contribution in [0.4, 0.5) is 6.01 Å². The van der Waals surface area contributed by atoms with Gasteiger partial charge in [-0.1, -0.05) is 31.4 Å². The maximum atomic E-state index is 5.85. The summed E-state index contributed by atoms with van der Waals surface area (Å²) < 4.78 is 11.4. The van der Waals surface area contributed by atoms with Crippen LogP contribution in [-0.2, 0) is 4.74 Å². The molecule has 0 bridgehead atoms. The number of ether oxygens (including phenoxy) is 1. The van der Waals surface area contributed by atoms with Gasteiger partial charge in [-0.3, -0.25) is 0 Å². The smallest absolute Gasteiger partial charge is 0.295 e. The predicted octanol–water partition coefficient (Wildman–Crippen LogP) is 3.59. The van der Waals surface area contributed by atoms with E-state index in [1.165, 1.54) is 32.1 Å². The second-order valence-electron chi connectivity index (χ2n) is 5.04. The number of para-hydroxylation sites is 2. The maximum absolute atomic E-state index is 5.85. The second kappa shape index (κ2) is 6.06. The van der Waals surface area contributed by atoms with E-state index in [2.05, 4.69) is 10.3 Å². The Morgan fingerprint density at radius 3 is 2.89 bits per heavy atom. The molecule has 102 valence electrons. The number of nitrogens with zero attached hydrogens (tertiary/aromatic N) is 1. The Labute approximate surface area is 113 Å². The number of fused-ring (bicyclic) bond motifs is 1. The summed E-state index contributed by atoms with van der Waals surface area (Å²) in [6.45, 7) is 1.45. The molecular formula is C15H20N2O2. The van der Waals surface area contributed by atoms with Gasteiger partial charge in [-0.25, -0.2) is 0 Å². The monoisotopic (exact) mass is 260 g/mol. The number of nitrogens with one attached hydrogen (secondary N) is 1. The van der Waals surface area contributed by atoms with Gasteiger partial charge in [-0.05, 0) is 25.0 Å². The van der Waals surface area contributed by atoms with Crippen molar-refractivity contribution in [2.75, 3.05) is 18.5 Å². The third-order valence-electron chi connectivity index (χ3n) is 3.58. The van der Waals surface area contributed by atoms with Crippen molar-refractivity contribution < 1.29 is 9.15 Å². The molecule has 2 aromatic rings. The summed E-state index contributed by atoms with van der Waals surface area (Å²) in [6.07, 6.45) is 6.86. The summed E-state index contributed by atoms with van der Waals surface area (Å²) in [5.41, 5.74) is 1.70. The number of hydrogen-bond acceptors (Lipinski definition) is 4. The van der Waals surface area contributed by atoms with E-state index in [1.54, 1.807) is 0 Å². The molecule has 0 atom stereocenters. The average molecular weight is 260 g/mol. The van der Waals surface area contributed by atoms with E-state index < -0.39 is 0 Å². The van der Waals surface area contributed by atoms with Crippen LogP contribution in [0.15, 0.2) is 28.7 Å². The molecular weight excluding hydrogens is 240 g/mol. The lowest BCUT2D eigenvalue weighted by Gasteiger charge is -2.21. The fourth-order valence-electron chi connectivity index (χ4n) is 2.56. The van der Waals surface area contributed by atoms with Crippen LogP contribution >= 0.6 is 0 Å². The number of anilines is 1. The molecule has 1 N–H and O–H groups in total. The summed E-state index contributed by atoms with van der Waals surface area (Å²) in [6, 6.07) is 8.35. The van der Waals surface area contributed by atoms with Gasteiger partial charge in [-0.15, -0.1) is 0 Å². The van der Waals surface area contributed by atoms with Crippen molar-refractivity contribution >= 4 is 17.1 Å². The van der Waals surface area contributed by atoms with E-state index in [0.717, 1.165) is 17.6 Å². The minimum absolute atomic E-state index is 0.458. The molecule has 0 amide bonds. The molecule has 1 fully saturated rings. The van der Waals surface area contributed by atoms with Gasteiger partial charge >= 0.3 is 0 Å². The van der Waals surface area contributed by atoms with Crippen molar-refractivity contribution in [3.8, 4) is 0 Å². The van der Waals surface area contributed by atoms with Crippen LogP contribution in [0.3, 0.4) is 0 Å². The average Bonchev–Trinajstić information content (AvgIpc) is 2.87. The van der Waals surface area contributed by atoms with Gasteiger partial charge in [0.25, 0.3) is 6.01 Å². The number of rotatable bonds is 5. The Morgan fingerprint density at radius 1 is 1.21 bits per heavy atom. The quantitative estimate of drug-likeness (QED) is 0.835. The molecule has 0 saturated heterocycles. The number of hydrogen-bond donors (Lipinski definition) is 1. The lowest BCUT2D eigenvalue weighted by Crippen LogP contribution is -2.20. The van der Waals surface area contributed by atoms with E-state index >= 15 is 0 Å². The third-order valence-corrected chi connectivity index (χ3v) is 3.58. The highest BCUT2D eigenvalue weighted by atomic mass is 16.5. The topological polar surface area (TPSA) is 47.3 Å². The molecule has 1 aliphatic rings. The van der Waals surface area contributed by atoms with Crippen LogP contribution in [-0.4, -0.2) is 24.2 Å². The molecule has 4 nitrogen and oxygen atoms in total.